The zero-order valence-corrected chi connectivity index (χ0v) is 11.0. The van der Waals surface area contributed by atoms with Crippen LogP contribution in [0, 0.1) is 6.92 Å². The van der Waals surface area contributed by atoms with E-state index < -0.39 is 0 Å². The highest BCUT2D eigenvalue weighted by molar-refractivity contribution is 7.14. The van der Waals surface area contributed by atoms with Gasteiger partial charge in [-0.15, -0.1) is 0 Å². The second-order valence-corrected chi connectivity index (χ2v) is 5.22. The molecule has 3 heterocycles. The molecule has 0 unspecified atom stereocenters. The number of aliphatic hydroxyl groups excluding tert-OH is 1. The van der Waals surface area contributed by atoms with E-state index in [1.165, 1.54) is 11.3 Å². The van der Waals surface area contributed by atoms with Crippen molar-refractivity contribution in [2.24, 2.45) is 0 Å². The molecule has 0 saturated heterocycles. The van der Waals surface area contributed by atoms with Crippen LogP contribution in [0.25, 0.3) is 16.3 Å². The molecule has 7 heteroatoms. The average Bonchev–Trinajstić information content (AvgIpc) is 2.92. The second-order valence-electron chi connectivity index (χ2n) is 3.74. The molecule has 3 aromatic rings. The fraction of sp³-hybridized carbons (Fsp3) is 0.182. The first-order valence-corrected chi connectivity index (χ1v) is 6.46. The molecule has 0 aromatic carbocycles. The van der Waals surface area contributed by atoms with Gasteiger partial charge in [0.25, 0.3) is 0 Å². The molecule has 0 bridgehead atoms. The molecule has 3 rings (SSSR count). The summed E-state index contributed by atoms with van der Waals surface area (Å²) in [6.07, 6.45) is 1.65. The molecule has 0 aliphatic carbocycles. The third-order valence-corrected chi connectivity index (χ3v) is 3.70. The van der Waals surface area contributed by atoms with Gasteiger partial charge in [0.2, 0.25) is 0 Å². The highest BCUT2D eigenvalue weighted by Crippen LogP contribution is 2.24. The fourth-order valence-electron chi connectivity index (χ4n) is 1.75. The van der Waals surface area contributed by atoms with Crippen molar-refractivity contribution >= 4 is 34.1 Å². The molecule has 0 fully saturated rings. The van der Waals surface area contributed by atoms with Crippen LogP contribution in [0.5, 0.6) is 0 Å². The summed E-state index contributed by atoms with van der Waals surface area (Å²) in [4.78, 5) is 13.8. The smallest absolute Gasteiger partial charge is 0.197 e. The van der Waals surface area contributed by atoms with Gasteiger partial charge in [-0.25, -0.2) is 15.0 Å². The van der Waals surface area contributed by atoms with Crippen LogP contribution < -0.4 is 0 Å². The predicted octanol–water partition coefficient (Wildman–Crippen LogP) is 2.33. The minimum Gasteiger partial charge on any atom is -0.391 e. The third-order valence-electron chi connectivity index (χ3n) is 2.53. The summed E-state index contributed by atoms with van der Waals surface area (Å²) >= 11 is 7.31. The largest absolute Gasteiger partial charge is 0.391 e. The molecule has 0 saturated carbocycles. The lowest BCUT2D eigenvalue weighted by molar-refractivity contribution is 0.285. The van der Waals surface area contributed by atoms with Crippen molar-refractivity contribution in [2.45, 2.75) is 13.5 Å². The number of hydrogen-bond acceptors (Lipinski definition) is 5. The highest BCUT2D eigenvalue weighted by Gasteiger charge is 2.13. The van der Waals surface area contributed by atoms with E-state index >= 15 is 0 Å². The Labute approximate surface area is 112 Å². The molecule has 0 spiro atoms. The maximum atomic E-state index is 9.08. The van der Waals surface area contributed by atoms with Crippen molar-refractivity contribution in [1.29, 1.82) is 0 Å². The van der Waals surface area contributed by atoms with E-state index in [-0.39, 0.29) is 6.61 Å². The van der Waals surface area contributed by atoms with Gasteiger partial charge in [0.15, 0.2) is 10.8 Å². The zero-order chi connectivity index (χ0) is 12.7. The maximum absolute atomic E-state index is 9.08. The molecule has 92 valence electrons. The van der Waals surface area contributed by atoms with Crippen molar-refractivity contribution in [3.63, 3.8) is 0 Å². The Morgan fingerprint density at radius 3 is 2.94 bits per heavy atom. The van der Waals surface area contributed by atoms with Crippen LogP contribution in [0.1, 0.15) is 10.7 Å². The predicted molar refractivity (Wildman–Crippen MR) is 70.2 cm³/mol. The van der Waals surface area contributed by atoms with Gasteiger partial charge in [0.05, 0.1) is 11.5 Å². The summed E-state index contributed by atoms with van der Waals surface area (Å²) in [5, 5.41) is 10.2. The SMILES string of the molecule is Cc1nc2ccc(Cl)nc2n1-c1ncc(CO)s1. The number of thiazole rings is 1. The molecular formula is C11H9ClN4OS. The van der Waals surface area contributed by atoms with E-state index in [0.717, 1.165) is 21.3 Å². The average molecular weight is 281 g/mol. The van der Waals surface area contributed by atoms with Crippen molar-refractivity contribution in [1.82, 2.24) is 19.5 Å². The lowest BCUT2D eigenvalue weighted by Gasteiger charge is -2.00. The van der Waals surface area contributed by atoms with E-state index in [0.29, 0.717) is 10.8 Å². The van der Waals surface area contributed by atoms with Crippen molar-refractivity contribution in [3.8, 4) is 5.13 Å². The van der Waals surface area contributed by atoms with Gasteiger partial charge in [-0.05, 0) is 19.1 Å². The van der Waals surface area contributed by atoms with Gasteiger partial charge < -0.3 is 5.11 Å². The van der Waals surface area contributed by atoms with Gasteiger partial charge in [-0.2, -0.15) is 0 Å². The monoisotopic (exact) mass is 280 g/mol. The zero-order valence-electron chi connectivity index (χ0n) is 9.46. The van der Waals surface area contributed by atoms with Gasteiger partial charge >= 0.3 is 0 Å². The number of aromatic nitrogens is 4. The summed E-state index contributed by atoms with van der Waals surface area (Å²) in [7, 11) is 0. The number of halogens is 1. The lowest BCUT2D eigenvalue weighted by atomic mass is 10.4. The van der Waals surface area contributed by atoms with Crippen LogP contribution in [0.2, 0.25) is 5.15 Å². The fourth-order valence-corrected chi connectivity index (χ4v) is 2.71. The molecule has 0 aliphatic heterocycles. The number of aryl methyl sites for hydroxylation is 1. The number of aliphatic hydroxyl groups is 1. The molecule has 18 heavy (non-hydrogen) atoms. The van der Waals surface area contributed by atoms with Gasteiger partial charge in [-0.3, -0.25) is 4.57 Å². The third kappa shape index (κ3) is 1.78. The molecule has 5 nitrogen and oxygen atoms in total. The van der Waals surface area contributed by atoms with Gasteiger partial charge in [-0.1, -0.05) is 22.9 Å². The Morgan fingerprint density at radius 2 is 2.22 bits per heavy atom. The Bertz CT molecular complexity index is 721. The van der Waals surface area contributed by atoms with Crippen LogP contribution in [0.4, 0.5) is 0 Å². The van der Waals surface area contributed by atoms with E-state index in [4.69, 9.17) is 16.7 Å². The number of pyridine rings is 1. The van der Waals surface area contributed by atoms with Gasteiger partial charge in [0, 0.05) is 6.20 Å². The van der Waals surface area contributed by atoms with Crippen LogP contribution in [0.15, 0.2) is 18.3 Å². The first-order chi connectivity index (χ1) is 8.69. The van der Waals surface area contributed by atoms with Crippen LogP contribution in [-0.2, 0) is 6.61 Å². The van der Waals surface area contributed by atoms with Crippen molar-refractivity contribution in [2.75, 3.05) is 0 Å². The number of imidazole rings is 1. The Kier molecular flexibility index (Phi) is 2.77. The van der Waals surface area contributed by atoms with Crippen LogP contribution >= 0.6 is 22.9 Å². The Morgan fingerprint density at radius 1 is 1.39 bits per heavy atom. The first-order valence-electron chi connectivity index (χ1n) is 5.26. The maximum Gasteiger partial charge on any atom is 0.197 e. The van der Waals surface area contributed by atoms with Crippen molar-refractivity contribution < 1.29 is 5.11 Å². The van der Waals surface area contributed by atoms with E-state index in [9.17, 15) is 0 Å². The number of fused-ring (bicyclic) bond motifs is 1. The summed E-state index contributed by atoms with van der Waals surface area (Å²) in [6.45, 7) is 1.87. The number of hydrogen-bond donors (Lipinski definition) is 1. The van der Waals surface area contributed by atoms with E-state index in [2.05, 4.69) is 15.0 Å². The molecule has 1 N–H and O–H groups in total. The minimum absolute atomic E-state index is 0.0163. The van der Waals surface area contributed by atoms with Gasteiger partial charge in [0.1, 0.15) is 16.5 Å². The topological polar surface area (TPSA) is 63.8 Å². The van der Waals surface area contributed by atoms with Crippen LogP contribution in [-0.4, -0.2) is 24.6 Å². The minimum atomic E-state index is -0.0163. The highest BCUT2D eigenvalue weighted by atomic mass is 35.5. The summed E-state index contributed by atoms with van der Waals surface area (Å²) in [5.74, 6) is 0.790. The molecule has 0 aliphatic rings. The molecular weight excluding hydrogens is 272 g/mol. The number of nitrogens with zero attached hydrogens (tertiary/aromatic N) is 4. The standard InChI is InChI=1S/C11H9ClN4OS/c1-6-14-8-2-3-9(12)15-10(8)16(6)11-13-4-7(5-17)18-11/h2-4,17H,5H2,1H3. The lowest BCUT2D eigenvalue weighted by Crippen LogP contribution is -1.97. The Balaban J connectivity index is 2.26. The molecule has 0 atom stereocenters. The quantitative estimate of drug-likeness (QED) is 0.732. The second kappa shape index (κ2) is 4.31. The van der Waals surface area contributed by atoms with Crippen LogP contribution in [0.3, 0.4) is 0 Å². The molecule has 3 aromatic heterocycles. The van der Waals surface area contributed by atoms with Crippen molar-refractivity contribution in [3.05, 3.63) is 34.2 Å². The number of rotatable bonds is 2. The summed E-state index contributed by atoms with van der Waals surface area (Å²) < 4.78 is 1.84. The Hall–Kier alpha value is -1.50. The van der Waals surface area contributed by atoms with E-state index in [1.54, 1.807) is 12.3 Å². The molecule has 0 amide bonds. The first kappa shape index (κ1) is 11.6. The van der Waals surface area contributed by atoms with E-state index in [1.807, 2.05) is 17.6 Å². The molecule has 0 radical (unpaired) electrons. The summed E-state index contributed by atoms with van der Waals surface area (Å²) in [6, 6.07) is 3.54. The summed E-state index contributed by atoms with van der Waals surface area (Å²) in [5.41, 5.74) is 1.46. The normalized spacial score (nSPS) is 11.3.